The van der Waals surface area contributed by atoms with Crippen LogP contribution < -0.4 is 5.43 Å². The second-order valence-corrected chi connectivity index (χ2v) is 9.83. The van der Waals surface area contributed by atoms with Gasteiger partial charge in [0, 0.05) is 17.2 Å². The highest BCUT2D eigenvalue weighted by atomic mass is 16.6. The van der Waals surface area contributed by atoms with Gasteiger partial charge in [0.15, 0.2) is 5.43 Å². The smallest absolute Gasteiger partial charge is 0.193 e. The molecule has 2 fully saturated rings. The summed E-state index contributed by atoms with van der Waals surface area (Å²) in [6.07, 6.45) is -15.3. The number of fused-ring (bicyclic) bond motifs is 1. The molecule has 2 unspecified atom stereocenters. The first-order valence-electron chi connectivity index (χ1n) is 12.4. The number of ether oxygens (including phenoxy) is 2. The molecule has 3 heterocycles. The average Bonchev–Trinajstić information content (AvgIpc) is 2.95. The first kappa shape index (κ1) is 27.8. The Morgan fingerprint density at radius 2 is 1.23 bits per heavy atom. The third kappa shape index (κ3) is 4.89. The lowest BCUT2D eigenvalue weighted by Crippen LogP contribution is -2.55. The maximum atomic E-state index is 13.4. The molecule has 39 heavy (non-hydrogen) atoms. The van der Waals surface area contributed by atoms with E-state index in [1.165, 1.54) is 18.2 Å². The minimum Gasteiger partial charge on any atom is -0.455 e. The zero-order valence-electron chi connectivity index (χ0n) is 20.5. The van der Waals surface area contributed by atoms with E-state index in [2.05, 4.69) is 0 Å². The van der Waals surface area contributed by atoms with Gasteiger partial charge in [-0.3, -0.25) is 4.79 Å². The Bertz CT molecular complexity index is 1360. The molecular weight excluding hydrogens is 516 g/mol. The lowest BCUT2D eigenvalue weighted by molar-refractivity contribution is -0.233. The Labute approximate surface area is 221 Å². The lowest BCUT2D eigenvalue weighted by atomic mass is 9.86. The van der Waals surface area contributed by atoms with Gasteiger partial charge in [0.25, 0.3) is 0 Å². The van der Waals surface area contributed by atoms with E-state index < -0.39 is 79.7 Å². The topological polar surface area (TPSA) is 211 Å². The van der Waals surface area contributed by atoms with Crippen molar-refractivity contribution >= 4 is 11.0 Å². The van der Waals surface area contributed by atoms with E-state index in [9.17, 15) is 45.6 Å². The number of benzene rings is 2. The second kappa shape index (κ2) is 11.0. The van der Waals surface area contributed by atoms with E-state index in [1.807, 2.05) is 0 Å². The molecule has 5 rings (SSSR count). The standard InChI is InChI=1S/C27H30O12/c28-9-17-19(31)21(33)23(35)25(38-17)12-6-13-15(30)8-16(11-4-2-1-3-5-11)37-26(13)14(7-12)27-24(36)22(34)20(32)18(10-29)39-27/h1-8,17-25,27-29,31-36H,9-10H2/t17-,18-,19-,20-,21+,22+,23-,24-,25?,27?/m1/s1. The predicted octanol–water partition coefficient (Wildman–Crippen LogP) is -1.51. The normalized spacial score (nSPS) is 35.3. The Balaban J connectivity index is 1.72. The average molecular weight is 547 g/mol. The van der Waals surface area contributed by atoms with Crippen molar-refractivity contribution in [1.82, 2.24) is 0 Å². The van der Waals surface area contributed by atoms with Crippen molar-refractivity contribution in [1.29, 1.82) is 0 Å². The summed E-state index contributed by atoms with van der Waals surface area (Å²) in [5.74, 6) is 0.194. The van der Waals surface area contributed by atoms with Gasteiger partial charge in [0.1, 0.15) is 72.4 Å². The Hall–Kier alpha value is -2.75. The van der Waals surface area contributed by atoms with Crippen LogP contribution >= 0.6 is 0 Å². The fourth-order valence-electron chi connectivity index (χ4n) is 5.16. The molecule has 0 aliphatic carbocycles. The largest absolute Gasteiger partial charge is 0.455 e. The van der Waals surface area contributed by atoms with Crippen molar-refractivity contribution in [2.24, 2.45) is 0 Å². The van der Waals surface area contributed by atoms with E-state index in [0.29, 0.717) is 5.56 Å². The summed E-state index contributed by atoms with van der Waals surface area (Å²) in [7, 11) is 0. The fraction of sp³-hybridized carbons (Fsp3) is 0.444. The van der Waals surface area contributed by atoms with Gasteiger partial charge in [-0.15, -0.1) is 0 Å². The first-order chi connectivity index (χ1) is 18.7. The molecule has 10 atom stereocenters. The maximum absolute atomic E-state index is 13.4. The number of aliphatic hydroxyl groups excluding tert-OH is 8. The molecule has 2 aromatic carbocycles. The van der Waals surface area contributed by atoms with Crippen molar-refractivity contribution in [2.45, 2.75) is 61.0 Å². The highest BCUT2D eigenvalue weighted by Gasteiger charge is 2.47. The highest BCUT2D eigenvalue weighted by Crippen LogP contribution is 2.40. The molecule has 3 aromatic rings. The van der Waals surface area contributed by atoms with E-state index in [1.54, 1.807) is 30.3 Å². The van der Waals surface area contributed by atoms with Crippen LogP contribution in [0.15, 0.2) is 57.7 Å². The monoisotopic (exact) mass is 546 g/mol. The fourth-order valence-corrected chi connectivity index (χ4v) is 5.16. The number of hydrogen-bond donors (Lipinski definition) is 8. The summed E-state index contributed by atoms with van der Waals surface area (Å²) in [5, 5.41) is 82.1. The van der Waals surface area contributed by atoms with Gasteiger partial charge < -0.3 is 54.7 Å². The molecule has 1 aromatic heterocycles. The van der Waals surface area contributed by atoms with Crippen LogP contribution in [0.4, 0.5) is 0 Å². The summed E-state index contributed by atoms with van der Waals surface area (Å²) in [6, 6.07) is 12.7. The van der Waals surface area contributed by atoms with E-state index >= 15 is 0 Å². The quantitative estimate of drug-likeness (QED) is 0.184. The van der Waals surface area contributed by atoms with Gasteiger partial charge in [0.2, 0.25) is 0 Å². The molecule has 12 nitrogen and oxygen atoms in total. The molecule has 0 radical (unpaired) electrons. The molecule has 2 saturated heterocycles. The summed E-state index contributed by atoms with van der Waals surface area (Å²) in [5.41, 5.74) is 0.193. The van der Waals surface area contributed by atoms with Crippen LogP contribution in [0.2, 0.25) is 0 Å². The Morgan fingerprint density at radius 3 is 1.82 bits per heavy atom. The van der Waals surface area contributed by atoms with Gasteiger partial charge in [-0.05, 0) is 17.7 Å². The third-order valence-electron chi connectivity index (χ3n) is 7.36. The number of rotatable bonds is 5. The molecule has 2 aliphatic heterocycles. The number of hydrogen-bond acceptors (Lipinski definition) is 12. The van der Waals surface area contributed by atoms with Crippen LogP contribution in [-0.4, -0.2) is 103 Å². The molecule has 0 bridgehead atoms. The second-order valence-electron chi connectivity index (χ2n) is 9.83. The minimum absolute atomic E-state index is 0.0175. The lowest BCUT2D eigenvalue weighted by Gasteiger charge is -2.41. The van der Waals surface area contributed by atoms with Gasteiger partial charge in [-0.2, -0.15) is 0 Å². The molecule has 0 saturated carbocycles. The Kier molecular flexibility index (Phi) is 7.86. The zero-order valence-corrected chi connectivity index (χ0v) is 20.5. The van der Waals surface area contributed by atoms with Crippen LogP contribution in [-0.2, 0) is 9.47 Å². The predicted molar refractivity (Wildman–Crippen MR) is 133 cm³/mol. The zero-order chi connectivity index (χ0) is 28.0. The van der Waals surface area contributed by atoms with Crippen molar-refractivity contribution in [3.63, 3.8) is 0 Å². The summed E-state index contributed by atoms with van der Waals surface area (Å²) in [4.78, 5) is 13.4. The van der Waals surface area contributed by atoms with Crippen molar-refractivity contribution < 1.29 is 54.7 Å². The van der Waals surface area contributed by atoms with Gasteiger partial charge in [0.05, 0.1) is 18.6 Å². The van der Waals surface area contributed by atoms with Gasteiger partial charge in [-0.25, -0.2) is 0 Å². The molecule has 8 N–H and O–H groups in total. The summed E-state index contributed by atoms with van der Waals surface area (Å²) in [6.45, 7) is -1.36. The Morgan fingerprint density at radius 1 is 0.667 bits per heavy atom. The van der Waals surface area contributed by atoms with Gasteiger partial charge >= 0.3 is 0 Å². The van der Waals surface area contributed by atoms with E-state index in [0.717, 1.165) is 0 Å². The van der Waals surface area contributed by atoms with Crippen LogP contribution in [0.25, 0.3) is 22.3 Å². The van der Waals surface area contributed by atoms with Crippen LogP contribution in [0.3, 0.4) is 0 Å². The maximum Gasteiger partial charge on any atom is 0.193 e. The molecule has 210 valence electrons. The summed E-state index contributed by atoms with van der Waals surface area (Å²) < 4.78 is 17.5. The molecule has 0 spiro atoms. The number of aliphatic hydroxyl groups is 8. The molecular formula is C27H30O12. The van der Waals surface area contributed by atoms with Gasteiger partial charge in [-0.1, -0.05) is 30.3 Å². The first-order valence-corrected chi connectivity index (χ1v) is 12.4. The van der Waals surface area contributed by atoms with Crippen molar-refractivity contribution in [2.75, 3.05) is 13.2 Å². The summed E-state index contributed by atoms with van der Waals surface area (Å²) >= 11 is 0. The molecule has 2 aliphatic rings. The van der Waals surface area contributed by atoms with Crippen LogP contribution in [0.1, 0.15) is 23.3 Å². The molecule has 0 amide bonds. The SMILES string of the molecule is O=c1cc(-c2ccccc2)oc2c(C3O[C@H](CO)[C@@H](O)[C@H](O)[C@H]3O)cc(C3O[C@H](CO)[C@@H](O)[C@H](O)[C@H]3O)cc12. The highest BCUT2D eigenvalue weighted by molar-refractivity contribution is 5.83. The minimum atomic E-state index is -1.73. The van der Waals surface area contributed by atoms with Crippen molar-refractivity contribution in [3.8, 4) is 11.3 Å². The van der Waals surface area contributed by atoms with Crippen LogP contribution in [0.5, 0.6) is 0 Å². The van der Waals surface area contributed by atoms with Crippen LogP contribution in [0, 0.1) is 0 Å². The third-order valence-corrected chi connectivity index (χ3v) is 7.36. The van der Waals surface area contributed by atoms with E-state index in [4.69, 9.17) is 13.9 Å². The van der Waals surface area contributed by atoms with E-state index in [-0.39, 0.29) is 27.9 Å². The van der Waals surface area contributed by atoms with Crippen molar-refractivity contribution in [3.05, 3.63) is 69.9 Å². The molecule has 12 heteroatoms.